The maximum atomic E-state index is 12.3. The molecule has 26 heavy (non-hydrogen) atoms. The molecule has 0 saturated heterocycles. The highest BCUT2D eigenvalue weighted by Gasteiger charge is 2.25. The molecule has 0 aliphatic heterocycles. The summed E-state index contributed by atoms with van der Waals surface area (Å²) in [5.74, 6) is 0.325. The first-order chi connectivity index (χ1) is 12.6. The van der Waals surface area contributed by atoms with Gasteiger partial charge in [-0.2, -0.15) is 0 Å². The number of nitrogens with zero attached hydrogens (tertiary/aromatic N) is 3. The van der Waals surface area contributed by atoms with Gasteiger partial charge in [-0.15, -0.1) is 0 Å². The quantitative estimate of drug-likeness (QED) is 0.572. The van der Waals surface area contributed by atoms with Crippen molar-refractivity contribution in [1.82, 2.24) is 14.5 Å². The highest BCUT2D eigenvalue weighted by molar-refractivity contribution is 6.08. The molecule has 0 bridgehead atoms. The monoisotopic (exact) mass is 348 g/mol. The largest absolute Gasteiger partial charge is 0.497 e. The summed E-state index contributed by atoms with van der Waals surface area (Å²) in [7, 11) is 2.90. The van der Waals surface area contributed by atoms with Crippen molar-refractivity contribution in [3.05, 3.63) is 54.1 Å². The van der Waals surface area contributed by atoms with E-state index in [1.54, 1.807) is 11.7 Å². The highest BCUT2D eigenvalue weighted by Crippen LogP contribution is 2.32. The van der Waals surface area contributed by atoms with Crippen molar-refractivity contribution in [2.75, 3.05) is 20.0 Å². The molecular weight excluding hydrogens is 332 g/mol. The summed E-state index contributed by atoms with van der Waals surface area (Å²) in [5, 5.41) is 0. The zero-order valence-corrected chi connectivity index (χ0v) is 14.3. The first-order valence-electron chi connectivity index (χ1n) is 7.93. The lowest BCUT2D eigenvalue weighted by atomic mass is 10.2. The van der Waals surface area contributed by atoms with Gasteiger partial charge in [0.25, 0.3) is 0 Å². The zero-order chi connectivity index (χ0) is 18.3. The number of aromatic nitrogens is 3. The lowest BCUT2D eigenvalue weighted by Crippen LogP contribution is -2.07. The average molecular weight is 348 g/mol. The van der Waals surface area contributed by atoms with Crippen molar-refractivity contribution in [2.45, 2.75) is 0 Å². The van der Waals surface area contributed by atoms with Gasteiger partial charge in [0.05, 0.1) is 30.9 Å². The Morgan fingerprint density at radius 1 is 1.04 bits per heavy atom. The zero-order valence-electron chi connectivity index (χ0n) is 14.3. The van der Waals surface area contributed by atoms with Crippen molar-refractivity contribution in [2.24, 2.45) is 0 Å². The number of hydrogen-bond acceptors (Lipinski definition) is 6. The second-order valence-electron chi connectivity index (χ2n) is 5.67. The smallest absolute Gasteiger partial charge is 0.343 e. The van der Waals surface area contributed by atoms with Crippen molar-refractivity contribution < 1.29 is 14.3 Å². The number of methoxy groups -OCH3 is 2. The Morgan fingerprint density at radius 3 is 2.46 bits per heavy atom. The maximum Gasteiger partial charge on any atom is 0.343 e. The molecule has 2 N–H and O–H groups in total. The molecule has 7 nitrogen and oxygen atoms in total. The first kappa shape index (κ1) is 15.9. The van der Waals surface area contributed by atoms with Gasteiger partial charge in [0.15, 0.2) is 5.65 Å². The van der Waals surface area contributed by atoms with Crippen molar-refractivity contribution >= 4 is 34.0 Å². The molecule has 0 amide bonds. The molecule has 7 heteroatoms. The van der Waals surface area contributed by atoms with Gasteiger partial charge in [0.2, 0.25) is 0 Å². The molecule has 4 rings (SSSR count). The number of hydrogen-bond donors (Lipinski definition) is 1. The summed E-state index contributed by atoms with van der Waals surface area (Å²) in [5.41, 5.74) is 9.49. The molecule has 2 heterocycles. The Labute approximate surface area is 149 Å². The molecule has 0 fully saturated rings. The minimum absolute atomic E-state index is 0.198. The molecule has 0 aliphatic carbocycles. The Kier molecular flexibility index (Phi) is 3.69. The van der Waals surface area contributed by atoms with Gasteiger partial charge in [-0.25, -0.2) is 14.8 Å². The third kappa shape index (κ3) is 2.33. The third-order valence-electron chi connectivity index (χ3n) is 4.20. The molecule has 0 unspecified atom stereocenters. The van der Waals surface area contributed by atoms with Gasteiger partial charge in [-0.3, -0.25) is 4.57 Å². The predicted octanol–water partition coefficient (Wildman–Crippen LogP) is 2.95. The van der Waals surface area contributed by atoms with Gasteiger partial charge in [0.1, 0.15) is 22.6 Å². The number of esters is 1. The second kappa shape index (κ2) is 6.03. The van der Waals surface area contributed by atoms with Crippen LogP contribution in [-0.2, 0) is 4.74 Å². The highest BCUT2D eigenvalue weighted by atomic mass is 16.5. The Balaban J connectivity index is 2.12. The number of fused-ring (bicyclic) bond motifs is 2. The van der Waals surface area contributed by atoms with Gasteiger partial charge in [-0.1, -0.05) is 18.2 Å². The van der Waals surface area contributed by atoms with E-state index in [-0.39, 0.29) is 11.4 Å². The SMILES string of the molecule is COC(=O)c1c(N)n(-c2cccc(OC)c2)c2nc3ccccc3nc12. The number of carbonyl (C=O) groups is 1. The number of ether oxygens (including phenoxy) is 2. The van der Waals surface area contributed by atoms with E-state index in [1.165, 1.54) is 7.11 Å². The van der Waals surface area contributed by atoms with Crippen molar-refractivity contribution in [3.63, 3.8) is 0 Å². The van der Waals surface area contributed by atoms with Crippen LogP contribution in [0.2, 0.25) is 0 Å². The van der Waals surface area contributed by atoms with Crippen LogP contribution in [0, 0.1) is 0 Å². The van der Waals surface area contributed by atoms with Crippen LogP contribution in [0.15, 0.2) is 48.5 Å². The van der Waals surface area contributed by atoms with Gasteiger partial charge in [0, 0.05) is 6.07 Å². The minimum Gasteiger partial charge on any atom is -0.497 e. The predicted molar refractivity (Wildman–Crippen MR) is 98.7 cm³/mol. The standard InChI is InChI=1S/C19H16N4O3/c1-25-12-7-5-6-11(10-12)23-17(20)15(19(24)26-2)16-18(23)22-14-9-4-3-8-13(14)21-16/h3-10H,20H2,1-2H3. The van der Waals surface area contributed by atoms with Gasteiger partial charge >= 0.3 is 5.97 Å². The molecular formula is C19H16N4O3. The lowest BCUT2D eigenvalue weighted by Gasteiger charge is -2.09. The van der Waals surface area contributed by atoms with Gasteiger partial charge < -0.3 is 15.2 Å². The number of nitrogens with two attached hydrogens (primary N) is 1. The fraction of sp³-hybridized carbons (Fsp3) is 0.105. The van der Waals surface area contributed by atoms with Crippen LogP contribution in [0.5, 0.6) is 5.75 Å². The van der Waals surface area contributed by atoms with E-state index in [0.29, 0.717) is 33.6 Å². The Hall–Kier alpha value is -3.61. The van der Waals surface area contributed by atoms with Crippen LogP contribution in [-0.4, -0.2) is 34.7 Å². The van der Waals surface area contributed by atoms with Crippen LogP contribution in [0.1, 0.15) is 10.4 Å². The van der Waals surface area contributed by atoms with E-state index in [1.807, 2.05) is 48.5 Å². The first-order valence-corrected chi connectivity index (χ1v) is 7.93. The topological polar surface area (TPSA) is 92.3 Å². The fourth-order valence-corrected chi connectivity index (χ4v) is 2.98. The molecule has 0 saturated carbocycles. The number of benzene rings is 2. The molecule has 0 aliphatic rings. The molecule has 0 radical (unpaired) electrons. The minimum atomic E-state index is -0.557. The summed E-state index contributed by atoms with van der Waals surface area (Å²) in [6.07, 6.45) is 0. The van der Waals surface area contributed by atoms with Crippen LogP contribution < -0.4 is 10.5 Å². The number of para-hydroxylation sites is 2. The number of carbonyl (C=O) groups excluding carboxylic acids is 1. The van der Waals surface area contributed by atoms with E-state index < -0.39 is 5.97 Å². The summed E-state index contributed by atoms with van der Waals surface area (Å²) < 4.78 is 11.9. The van der Waals surface area contributed by atoms with Crippen LogP contribution in [0.25, 0.3) is 27.9 Å². The summed E-state index contributed by atoms with van der Waals surface area (Å²) in [6.45, 7) is 0. The van der Waals surface area contributed by atoms with Crippen molar-refractivity contribution in [1.29, 1.82) is 0 Å². The Bertz CT molecular complexity index is 1150. The van der Waals surface area contributed by atoms with E-state index in [9.17, 15) is 4.79 Å². The maximum absolute atomic E-state index is 12.3. The van der Waals surface area contributed by atoms with Gasteiger partial charge in [-0.05, 0) is 24.3 Å². The van der Waals surface area contributed by atoms with Crippen LogP contribution >= 0.6 is 0 Å². The molecule has 0 spiro atoms. The lowest BCUT2D eigenvalue weighted by molar-refractivity contribution is 0.0604. The molecule has 2 aromatic carbocycles. The molecule has 130 valence electrons. The normalized spacial score (nSPS) is 11.0. The number of nitrogen functional groups attached to an aromatic ring is 1. The van der Waals surface area contributed by atoms with Crippen LogP contribution in [0.3, 0.4) is 0 Å². The summed E-state index contributed by atoms with van der Waals surface area (Å²) in [4.78, 5) is 21.6. The fourth-order valence-electron chi connectivity index (χ4n) is 2.98. The molecule has 0 atom stereocenters. The number of rotatable bonds is 3. The van der Waals surface area contributed by atoms with E-state index in [2.05, 4.69) is 9.97 Å². The Morgan fingerprint density at radius 2 is 1.77 bits per heavy atom. The second-order valence-corrected chi connectivity index (χ2v) is 5.67. The van der Waals surface area contributed by atoms with E-state index >= 15 is 0 Å². The summed E-state index contributed by atoms with van der Waals surface area (Å²) in [6, 6.07) is 14.8. The van der Waals surface area contributed by atoms with Crippen molar-refractivity contribution in [3.8, 4) is 11.4 Å². The molecule has 4 aromatic rings. The average Bonchev–Trinajstić information content (AvgIpc) is 2.96. The van der Waals surface area contributed by atoms with E-state index in [0.717, 1.165) is 0 Å². The summed E-state index contributed by atoms with van der Waals surface area (Å²) >= 11 is 0. The molecule has 2 aromatic heterocycles. The number of anilines is 1. The van der Waals surface area contributed by atoms with E-state index in [4.69, 9.17) is 15.2 Å². The van der Waals surface area contributed by atoms with Crippen LogP contribution in [0.4, 0.5) is 5.82 Å². The third-order valence-corrected chi connectivity index (χ3v) is 4.20.